The minimum absolute atomic E-state index is 0. The minimum atomic E-state index is -1.25. The van der Waals surface area contributed by atoms with Crippen LogP contribution in [0.2, 0.25) is 0 Å². The Morgan fingerprint density at radius 2 is 0.458 bits per heavy atom. The molecule has 0 bridgehead atoms. The first-order valence-corrected chi connectivity index (χ1v) is 23.6. The first kappa shape index (κ1) is 76.4. The molecule has 6 unspecified atom stereocenters. The molecule has 0 aliphatic heterocycles. The third-order valence-corrected chi connectivity index (χ3v) is 10.5. The summed E-state index contributed by atoms with van der Waals surface area (Å²) in [7, 11) is 0. The van der Waals surface area contributed by atoms with Gasteiger partial charge in [-0.1, -0.05) is 72.3 Å². The Morgan fingerprint density at radius 3 is 0.639 bits per heavy atom. The van der Waals surface area contributed by atoms with Gasteiger partial charge >= 0.3 is 34.1 Å². The van der Waals surface area contributed by atoms with Gasteiger partial charge in [0, 0.05) is 0 Å². The van der Waals surface area contributed by atoms with Gasteiger partial charge in [0.1, 0.15) is 11.5 Å². The molecule has 0 aliphatic carbocycles. The van der Waals surface area contributed by atoms with Gasteiger partial charge < -0.3 is 106 Å². The maximum absolute atomic E-state index is 10.4. The van der Waals surface area contributed by atoms with E-state index in [-0.39, 0.29) is 119 Å². The molecule has 6 rings (SSSR count). The third kappa shape index (κ3) is 31.8. The summed E-state index contributed by atoms with van der Waals surface area (Å²) < 4.78 is 0. The zero-order valence-corrected chi connectivity index (χ0v) is 46.0. The maximum Gasteiger partial charge on any atom is 3.00 e. The number of phenols is 8. The van der Waals surface area contributed by atoms with Crippen LogP contribution in [0, 0.1) is 6.92 Å². The van der Waals surface area contributed by atoms with Crippen molar-refractivity contribution in [3.05, 3.63) is 201 Å². The average molecular weight is 1240 g/mol. The normalized spacial score (nSPS) is 12.1. The van der Waals surface area contributed by atoms with Crippen LogP contribution in [0.25, 0.3) is 34.4 Å². The predicted molar refractivity (Wildman–Crippen MR) is 293 cm³/mol. The molecule has 6 aromatic rings. The quantitative estimate of drug-likeness (QED) is 0.0284. The van der Waals surface area contributed by atoms with Gasteiger partial charge in [0.05, 0.1) is 0 Å². The van der Waals surface area contributed by atoms with Crippen LogP contribution in [0.1, 0.15) is 38.9 Å². The topological polar surface area (TPSA) is 528 Å². The van der Waals surface area contributed by atoms with E-state index in [2.05, 4.69) is 0 Å². The number of nitrogens with one attached hydrogen (secondary N) is 6. The van der Waals surface area contributed by atoms with Crippen LogP contribution in [0.3, 0.4) is 0 Å². The molecule has 28 heteroatoms. The number of aliphatic carboxylic acids is 6. The van der Waals surface area contributed by atoms with Crippen LogP contribution in [0.15, 0.2) is 127 Å². The number of hydrogen-bond donors (Lipinski definition) is 14. The number of carboxylic acid groups (broad SMARTS) is 6. The molecule has 0 spiro atoms. The molecule has 0 saturated heterocycles. The molecular formula is C55H62Fe2N6O20. The smallest absolute Gasteiger partial charge is 0.665 e. The van der Waals surface area contributed by atoms with Gasteiger partial charge in [-0.2, -0.15) is 0 Å². The minimum Gasteiger partial charge on any atom is -0.665 e. The van der Waals surface area contributed by atoms with E-state index < -0.39 is 72.1 Å². The Kier molecular flexibility index (Phi) is 35.8. The number of aromatic hydroxyl groups is 8. The average Bonchev–Trinajstić information content (AvgIpc) is 3.43. The van der Waals surface area contributed by atoms with Crippen molar-refractivity contribution in [2.45, 2.75) is 81.7 Å². The second-order valence-electron chi connectivity index (χ2n) is 17.4. The van der Waals surface area contributed by atoms with Crippen molar-refractivity contribution < 1.29 is 134 Å². The van der Waals surface area contributed by atoms with Crippen molar-refractivity contribution >= 4 is 35.8 Å². The van der Waals surface area contributed by atoms with Crippen molar-refractivity contribution in [3.63, 3.8) is 0 Å². The Bertz CT molecular complexity index is 2660. The van der Waals surface area contributed by atoms with Crippen molar-refractivity contribution in [1.29, 1.82) is 0 Å². The summed E-state index contributed by atoms with van der Waals surface area (Å²) in [6.07, 6.45) is 0.608. The molecule has 0 saturated carbocycles. The third-order valence-electron chi connectivity index (χ3n) is 10.5. The number of aryl methyl sites for hydroxylation is 1. The van der Waals surface area contributed by atoms with Crippen LogP contribution in [0.4, 0.5) is 0 Å². The van der Waals surface area contributed by atoms with E-state index in [0.717, 1.165) is 22.3 Å². The predicted octanol–water partition coefficient (Wildman–Crippen LogP) is 8.36. The van der Waals surface area contributed by atoms with Gasteiger partial charge in [0.15, 0.2) is 34.5 Å². The molecule has 448 valence electrons. The SMILES string of the molecule is Cc1ccc(CC([NH-])C(=O)O)cc1.[Fe+3].[Fe+3].[NH-]C(Cc1ccc(O)c(O)c1)C(=O)O.[NH-]C(Cc1ccc(O)c(O)c1)C(=O)O.[NH-]C(Cc1ccc(O)c(O)c1)C(=O)O.[NH-]C(Cc1ccc(O)cc1)C(=O)O.[NH-]C(Cc1ccc(O)cc1)C(=O)O. The Morgan fingerprint density at radius 1 is 0.289 bits per heavy atom. The largest absolute Gasteiger partial charge is 3.00 e. The van der Waals surface area contributed by atoms with Crippen molar-refractivity contribution in [2.75, 3.05) is 0 Å². The van der Waals surface area contributed by atoms with E-state index in [9.17, 15) is 28.8 Å². The fourth-order valence-corrected chi connectivity index (χ4v) is 6.01. The number of phenolic OH excluding ortho intramolecular Hbond substituents is 8. The second-order valence-corrected chi connectivity index (χ2v) is 17.4. The molecule has 2 radical (unpaired) electrons. The van der Waals surface area contributed by atoms with E-state index in [1.807, 2.05) is 31.2 Å². The van der Waals surface area contributed by atoms with Gasteiger partial charge in [0.2, 0.25) is 0 Å². The number of carboxylic acids is 6. The summed E-state index contributed by atoms with van der Waals surface area (Å²) in [5, 5.41) is 123. The molecule has 0 aromatic heterocycles. The number of benzene rings is 6. The zero-order chi connectivity index (χ0) is 61.7. The van der Waals surface area contributed by atoms with E-state index >= 15 is 0 Å². The molecule has 0 fully saturated rings. The first-order chi connectivity index (χ1) is 37.8. The number of hydrogen-bond acceptors (Lipinski definition) is 14. The van der Waals surface area contributed by atoms with Gasteiger partial charge in [-0.25, -0.2) is 0 Å². The molecule has 6 aromatic carbocycles. The van der Waals surface area contributed by atoms with Crippen LogP contribution < -0.4 is 0 Å². The molecule has 6 atom stereocenters. The van der Waals surface area contributed by atoms with Crippen LogP contribution in [0.5, 0.6) is 46.0 Å². The van der Waals surface area contributed by atoms with Crippen LogP contribution >= 0.6 is 0 Å². The Labute approximate surface area is 496 Å². The van der Waals surface area contributed by atoms with Gasteiger partial charge in [-0.15, -0.1) is 0 Å². The number of rotatable bonds is 18. The Balaban J connectivity index is 0. The molecule has 83 heavy (non-hydrogen) atoms. The first-order valence-electron chi connectivity index (χ1n) is 23.6. The van der Waals surface area contributed by atoms with E-state index in [1.54, 1.807) is 24.3 Å². The van der Waals surface area contributed by atoms with Crippen molar-refractivity contribution in [1.82, 2.24) is 0 Å². The second kappa shape index (κ2) is 38.9. The maximum atomic E-state index is 10.4. The molecule has 0 heterocycles. The van der Waals surface area contributed by atoms with Gasteiger partial charge in [-0.3, -0.25) is 28.8 Å². The molecule has 0 aliphatic rings. The molecule has 0 amide bonds. The molecule has 26 nitrogen and oxygen atoms in total. The van der Waals surface area contributed by atoms with Gasteiger partial charge in [0.25, 0.3) is 35.8 Å². The standard InChI is InChI=1S/C10H12NO2.3C9H10NO4.2C9H10NO3.2Fe/c1-7-2-4-8(5-3-7)6-9(11)10(12)13;3*10-6(9(13)14)3-5-1-2-7(11)8(12)4-5;2*10-8(9(12)13)5-6-1-3-7(11)4-2-6;;/h2-5,9,11H,6H2,1H3,(H,12,13);3*1-2,4,6,10-12H,3H2,(H,13,14);2*1-4,8,10-11H,5H2,(H,12,13);;/q6*-1;2*+3. The summed E-state index contributed by atoms with van der Waals surface area (Å²) in [4.78, 5) is 62.1. The summed E-state index contributed by atoms with van der Waals surface area (Å²) in [6, 6.07) is 24.8. The fraction of sp³-hybridized carbons (Fsp3) is 0.236. The fourth-order valence-electron chi connectivity index (χ4n) is 6.01. The summed E-state index contributed by atoms with van der Waals surface area (Å²) in [6.45, 7) is 1.97. The van der Waals surface area contributed by atoms with Crippen LogP contribution in [-0.2, 0) is 101 Å². The summed E-state index contributed by atoms with van der Waals surface area (Å²) in [5.74, 6) is -8.38. The molecular weight excluding hydrogens is 1180 g/mol. The van der Waals surface area contributed by atoms with Crippen molar-refractivity contribution in [2.24, 2.45) is 0 Å². The molecule has 20 N–H and O–H groups in total. The van der Waals surface area contributed by atoms with E-state index in [1.165, 1.54) is 78.9 Å². The van der Waals surface area contributed by atoms with Crippen LogP contribution in [-0.4, -0.2) is 144 Å². The van der Waals surface area contributed by atoms with E-state index in [0.29, 0.717) is 16.7 Å². The number of carbonyl (C=O) groups is 6. The Hall–Kier alpha value is -8.66. The van der Waals surface area contributed by atoms with E-state index in [4.69, 9.17) is 106 Å². The summed E-state index contributed by atoms with van der Waals surface area (Å²) >= 11 is 0. The zero-order valence-electron chi connectivity index (χ0n) is 43.7. The van der Waals surface area contributed by atoms with Gasteiger partial charge in [-0.05, 0) is 176 Å². The summed E-state index contributed by atoms with van der Waals surface area (Å²) in [5.41, 5.74) is 48.0. The van der Waals surface area contributed by atoms with Crippen molar-refractivity contribution in [3.8, 4) is 46.0 Å². The monoisotopic (exact) mass is 1240 g/mol.